The molecule has 1 heterocycles. The van der Waals surface area contributed by atoms with Gasteiger partial charge in [-0.15, -0.1) is 5.10 Å². The third-order valence-electron chi connectivity index (χ3n) is 0.932. The van der Waals surface area contributed by atoms with Crippen LogP contribution in [-0.4, -0.2) is 21.7 Å². The lowest BCUT2D eigenvalue weighted by Gasteiger charge is -1.88. The second-order valence-corrected chi connectivity index (χ2v) is 2.45. The second-order valence-electron chi connectivity index (χ2n) is 1.59. The van der Waals surface area contributed by atoms with Gasteiger partial charge in [0.2, 0.25) is 0 Å². The molecule has 0 radical (unpaired) electrons. The number of nitrogens with one attached hydrogen (secondary N) is 1. The Balaban J connectivity index is 2.69. The molecule has 0 aliphatic heterocycles. The number of thioether (sulfide) groups is 1. The summed E-state index contributed by atoms with van der Waals surface area (Å²) in [7, 11) is 0. The Labute approximate surface area is 57.2 Å². The van der Waals surface area contributed by atoms with Gasteiger partial charge in [0.15, 0.2) is 5.82 Å². The van der Waals surface area contributed by atoms with Crippen LogP contribution in [0.3, 0.4) is 0 Å². The van der Waals surface area contributed by atoms with Crippen LogP contribution in [0.4, 0.5) is 5.82 Å². The number of hydrogen-bond donors (Lipinski definition) is 2. The van der Waals surface area contributed by atoms with Crippen LogP contribution in [0.25, 0.3) is 0 Å². The number of H-pyrrole nitrogens is 1. The van der Waals surface area contributed by atoms with E-state index in [1.807, 2.05) is 6.26 Å². The number of nitrogens with two attached hydrogens (primary N) is 1. The first kappa shape index (κ1) is 6.41. The molecule has 1 aromatic rings. The van der Waals surface area contributed by atoms with Crippen molar-refractivity contribution >= 4 is 17.6 Å². The summed E-state index contributed by atoms with van der Waals surface area (Å²) in [6.45, 7) is 0. The van der Waals surface area contributed by atoms with E-state index >= 15 is 0 Å². The Morgan fingerprint density at radius 2 is 2.44 bits per heavy atom. The number of nitrogen functional groups attached to an aromatic ring is 1. The summed E-state index contributed by atoms with van der Waals surface area (Å²) in [6, 6.07) is 0. The molecule has 0 aliphatic rings. The van der Waals surface area contributed by atoms with E-state index in [-0.39, 0.29) is 0 Å². The highest BCUT2D eigenvalue weighted by molar-refractivity contribution is 7.97. The van der Waals surface area contributed by atoms with E-state index in [0.29, 0.717) is 5.82 Å². The molecule has 0 saturated carbocycles. The van der Waals surface area contributed by atoms with Crippen molar-refractivity contribution in [2.75, 3.05) is 12.0 Å². The standard InChI is InChI=1S/C4H8N4S/c1-9-2-3-4(5)7-8-6-3/h2H2,1H3,(H3,5,6,7,8). The lowest BCUT2D eigenvalue weighted by molar-refractivity contribution is 0.927. The molecular weight excluding hydrogens is 136 g/mol. The minimum absolute atomic E-state index is 0.504. The summed E-state index contributed by atoms with van der Waals surface area (Å²) < 4.78 is 0. The van der Waals surface area contributed by atoms with Crippen LogP contribution < -0.4 is 5.73 Å². The zero-order valence-electron chi connectivity index (χ0n) is 5.09. The van der Waals surface area contributed by atoms with E-state index in [9.17, 15) is 0 Å². The molecule has 4 nitrogen and oxygen atoms in total. The van der Waals surface area contributed by atoms with E-state index in [1.54, 1.807) is 11.8 Å². The van der Waals surface area contributed by atoms with Gasteiger partial charge in [0.25, 0.3) is 0 Å². The summed E-state index contributed by atoms with van der Waals surface area (Å²) in [5, 5.41) is 9.93. The van der Waals surface area contributed by atoms with E-state index in [0.717, 1.165) is 11.4 Å². The van der Waals surface area contributed by atoms with Gasteiger partial charge in [-0.05, 0) is 6.26 Å². The number of anilines is 1. The van der Waals surface area contributed by atoms with Gasteiger partial charge >= 0.3 is 0 Å². The third-order valence-corrected chi connectivity index (χ3v) is 1.49. The monoisotopic (exact) mass is 144 g/mol. The molecule has 0 amide bonds. The number of nitrogens with zero attached hydrogens (tertiary/aromatic N) is 2. The van der Waals surface area contributed by atoms with Crippen molar-refractivity contribution in [3.8, 4) is 0 Å². The van der Waals surface area contributed by atoms with Crippen molar-refractivity contribution in [3.05, 3.63) is 5.69 Å². The van der Waals surface area contributed by atoms with Crippen molar-refractivity contribution in [1.82, 2.24) is 15.4 Å². The number of rotatable bonds is 2. The summed E-state index contributed by atoms with van der Waals surface area (Å²) >= 11 is 1.67. The summed E-state index contributed by atoms with van der Waals surface area (Å²) in [5.41, 5.74) is 6.24. The molecule has 0 aliphatic carbocycles. The maximum absolute atomic E-state index is 5.41. The Bertz CT molecular complexity index is 184. The van der Waals surface area contributed by atoms with Crippen molar-refractivity contribution in [1.29, 1.82) is 0 Å². The molecule has 5 heteroatoms. The molecule has 0 bridgehead atoms. The Hall–Kier alpha value is -0.710. The highest BCUT2D eigenvalue weighted by atomic mass is 32.2. The van der Waals surface area contributed by atoms with Gasteiger partial charge in [-0.25, -0.2) is 0 Å². The van der Waals surface area contributed by atoms with E-state index < -0.39 is 0 Å². The van der Waals surface area contributed by atoms with Crippen LogP contribution in [0.15, 0.2) is 0 Å². The van der Waals surface area contributed by atoms with Gasteiger partial charge in [-0.2, -0.15) is 22.1 Å². The quantitative estimate of drug-likeness (QED) is 0.624. The maximum atomic E-state index is 5.41. The number of hydrogen-bond acceptors (Lipinski definition) is 4. The van der Waals surface area contributed by atoms with E-state index in [4.69, 9.17) is 5.73 Å². The smallest absolute Gasteiger partial charge is 0.169 e. The normalized spacial score (nSPS) is 9.89. The molecule has 9 heavy (non-hydrogen) atoms. The molecule has 50 valence electrons. The van der Waals surface area contributed by atoms with E-state index in [2.05, 4.69) is 15.4 Å². The fraction of sp³-hybridized carbons (Fsp3) is 0.500. The number of aromatic nitrogens is 3. The SMILES string of the molecule is CSCc1n[nH]nc1N. The van der Waals surface area contributed by atoms with Gasteiger partial charge < -0.3 is 5.73 Å². The summed E-state index contributed by atoms with van der Waals surface area (Å²) in [5.74, 6) is 1.33. The van der Waals surface area contributed by atoms with Crippen molar-refractivity contribution in [2.45, 2.75) is 5.75 Å². The minimum Gasteiger partial charge on any atom is -0.381 e. The molecule has 1 aromatic heterocycles. The average molecular weight is 144 g/mol. The van der Waals surface area contributed by atoms with Crippen LogP contribution in [0, 0.1) is 0 Å². The molecule has 0 fully saturated rings. The predicted molar refractivity (Wildman–Crippen MR) is 38.0 cm³/mol. The Kier molecular flexibility index (Phi) is 1.94. The first-order valence-electron chi connectivity index (χ1n) is 2.48. The van der Waals surface area contributed by atoms with Gasteiger partial charge in [-0.1, -0.05) is 0 Å². The summed E-state index contributed by atoms with van der Waals surface area (Å²) in [4.78, 5) is 0. The molecule has 0 atom stereocenters. The molecular formula is C4H8N4S. The third kappa shape index (κ3) is 1.35. The van der Waals surface area contributed by atoms with Crippen LogP contribution in [0.2, 0.25) is 0 Å². The highest BCUT2D eigenvalue weighted by Gasteiger charge is 1.99. The van der Waals surface area contributed by atoms with Crippen LogP contribution in [-0.2, 0) is 5.75 Å². The Morgan fingerprint density at radius 1 is 1.67 bits per heavy atom. The second kappa shape index (κ2) is 2.72. The molecule has 0 spiro atoms. The fourth-order valence-corrected chi connectivity index (χ4v) is 0.990. The van der Waals surface area contributed by atoms with E-state index in [1.165, 1.54) is 0 Å². The van der Waals surface area contributed by atoms with Crippen LogP contribution in [0.1, 0.15) is 5.69 Å². The van der Waals surface area contributed by atoms with Crippen molar-refractivity contribution in [3.63, 3.8) is 0 Å². The predicted octanol–water partition coefficient (Wildman–Crippen LogP) is 0.250. The Morgan fingerprint density at radius 3 is 2.89 bits per heavy atom. The zero-order chi connectivity index (χ0) is 6.69. The lowest BCUT2D eigenvalue weighted by Crippen LogP contribution is -1.89. The highest BCUT2D eigenvalue weighted by Crippen LogP contribution is 2.09. The number of aromatic amines is 1. The van der Waals surface area contributed by atoms with Crippen molar-refractivity contribution < 1.29 is 0 Å². The topological polar surface area (TPSA) is 67.6 Å². The van der Waals surface area contributed by atoms with Gasteiger partial charge in [-0.3, -0.25) is 0 Å². The molecule has 3 N–H and O–H groups in total. The zero-order valence-corrected chi connectivity index (χ0v) is 5.90. The maximum Gasteiger partial charge on any atom is 0.169 e. The first-order valence-corrected chi connectivity index (χ1v) is 3.88. The van der Waals surface area contributed by atoms with Gasteiger partial charge in [0, 0.05) is 5.75 Å². The fourth-order valence-electron chi connectivity index (χ4n) is 0.504. The van der Waals surface area contributed by atoms with Crippen LogP contribution >= 0.6 is 11.8 Å². The molecule has 0 saturated heterocycles. The lowest BCUT2D eigenvalue weighted by atomic mass is 10.5. The van der Waals surface area contributed by atoms with Crippen LogP contribution in [0.5, 0.6) is 0 Å². The van der Waals surface area contributed by atoms with Gasteiger partial charge in [0.1, 0.15) is 5.69 Å². The molecule has 0 unspecified atom stereocenters. The molecule has 1 rings (SSSR count). The minimum atomic E-state index is 0.504. The van der Waals surface area contributed by atoms with Gasteiger partial charge in [0.05, 0.1) is 0 Å². The first-order chi connectivity index (χ1) is 4.34. The summed E-state index contributed by atoms with van der Waals surface area (Å²) in [6.07, 6.45) is 1.99. The average Bonchev–Trinajstić information content (AvgIpc) is 2.18. The molecule has 0 aromatic carbocycles. The largest absolute Gasteiger partial charge is 0.381 e. The van der Waals surface area contributed by atoms with Crippen molar-refractivity contribution in [2.24, 2.45) is 0 Å².